The predicted octanol–water partition coefficient (Wildman–Crippen LogP) is 4.77. The van der Waals surface area contributed by atoms with Gasteiger partial charge in [-0.25, -0.2) is 0 Å². The Morgan fingerprint density at radius 2 is 1.89 bits per heavy atom. The molecular weight excluding hydrogens is 288 g/mol. The summed E-state index contributed by atoms with van der Waals surface area (Å²) >= 11 is 3.72. The van der Waals surface area contributed by atoms with Gasteiger partial charge >= 0.3 is 0 Å². The fourth-order valence-electron chi connectivity index (χ4n) is 2.78. The average molecular weight is 311 g/mol. The molecule has 1 aliphatic rings. The summed E-state index contributed by atoms with van der Waals surface area (Å²) in [5, 5.41) is 9.44. The van der Waals surface area contributed by atoms with Crippen LogP contribution in [-0.4, -0.2) is 11.7 Å². The maximum Gasteiger partial charge on any atom is 0.0522 e. The normalized spacial score (nSPS) is 18.0. The van der Waals surface area contributed by atoms with E-state index < -0.39 is 0 Å². The summed E-state index contributed by atoms with van der Waals surface area (Å²) in [6, 6.07) is 6.64. The average Bonchev–Trinajstić information content (AvgIpc) is 2.39. The highest BCUT2D eigenvalue weighted by molar-refractivity contribution is 9.10. The van der Waals surface area contributed by atoms with Crippen molar-refractivity contribution in [3.63, 3.8) is 0 Å². The topological polar surface area (TPSA) is 20.2 Å². The number of rotatable bonds is 3. The monoisotopic (exact) mass is 310 g/mol. The third-order valence-electron chi connectivity index (χ3n) is 4.22. The van der Waals surface area contributed by atoms with E-state index in [0.717, 1.165) is 5.92 Å². The minimum Gasteiger partial charge on any atom is -0.395 e. The zero-order valence-electron chi connectivity index (χ0n) is 11.4. The molecule has 0 unspecified atom stereocenters. The zero-order chi connectivity index (χ0) is 13.2. The van der Waals surface area contributed by atoms with Gasteiger partial charge in [-0.2, -0.15) is 0 Å². The van der Waals surface area contributed by atoms with Gasteiger partial charge < -0.3 is 5.11 Å². The molecule has 18 heavy (non-hydrogen) atoms. The van der Waals surface area contributed by atoms with Gasteiger partial charge in [0.25, 0.3) is 0 Å². The molecule has 1 saturated carbocycles. The van der Waals surface area contributed by atoms with Gasteiger partial charge in [-0.15, -0.1) is 0 Å². The largest absolute Gasteiger partial charge is 0.395 e. The zero-order valence-corrected chi connectivity index (χ0v) is 13.0. The predicted molar refractivity (Wildman–Crippen MR) is 80.1 cm³/mol. The molecule has 0 aliphatic heterocycles. The van der Waals surface area contributed by atoms with Crippen molar-refractivity contribution in [3.8, 4) is 0 Å². The van der Waals surface area contributed by atoms with E-state index in [4.69, 9.17) is 0 Å². The van der Waals surface area contributed by atoms with Crippen molar-refractivity contribution in [2.45, 2.75) is 57.3 Å². The van der Waals surface area contributed by atoms with Crippen molar-refractivity contribution in [2.24, 2.45) is 0 Å². The van der Waals surface area contributed by atoms with Gasteiger partial charge in [-0.1, -0.05) is 61.2 Å². The van der Waals surface area contributed by atoms with Gasteiger partial charge in [0, 0.05) is 9.89 Å². The lowest BCUT2D eigenvalue weighted by Crippen LogP contribution is -2.22. The standard InChI is InChI=1S/C16H23BrO/c1-16(2,11-18)13-8-9-14(15(17)10-13)12-6-4-3-5-7-12/h8-10,12,18H,3-7,11H2,1-2H3. The summed E-state index contributed by atoms with van der Waals surface area (Å²) in [7, 11) is 0. The number of hydrogen-bond acceptors (Lipinski definition) is 1. The van der Waals surface area contributed by atoms with E-state index in [9.17, 15) is 5.11 Å². The maximum atomic E-state index is 9.44. The fraction of sp³-hybridized carbons (Fsp3) is 0.625. The number of aliphatic hydroxyl groups excluding tert-OH is 1. The first-order chi connectivity index (χ1) is 8.54. The summed E-state index contributed by atoms with van der Waals surface area (Å²) in [6.07, 6.45) is 6.76. The Bertz CT molecular complexity index is 406. The number of aliphatic hydroxyl groups is 1. The molecule has 1 aromatic carbocycles. The summed E-state index contributed by atoms with van der Waals surface area (Å²) in [6.45, 7) is 4.34. The Morgan fingerprint density at radius 1 is 1.22 bits per heavy atom. The first-order valence-electron chi connectivity index (χ1n) is 6.95. The number of hydrogen-bond donors (Lipinski definition) is 1. The van der Waals surface area contributed by atoms with E-state index in [-0.39, 0.29) is 12.0 Å². The van der Waals surface area contributed by atoms with Crippen molar-refractivity contribution in [3.05, 3.63) is 33.8 Å². The number of benzene rings is 1. The summed E-state index contributed by atoms with van der Waals surface area (Å²) in [4.78, 5) is 0. The fourth-order valence-corrected chi connectivity index (χ4v) is 3.49. The smallest absolute Gasteiger partial charge is 0.0522 e. The third kappa shape index (κ3) is 2.97. The minimum atomic E-state index is -0.159. The van der Waals surface area contributed by atoms with Crippen LogP contribution in [0.1, 0.15) is 63.0 Å². The highest BCUT2D eigenvalue weighted by Gasteiger charge is 2.22. The van der Waals surface area contributed by atoms with E-state index in [2.05, 4.69) is 48.0 Å². The molecule has 2 heteroatoms. The molecule has 0 heterocycles. The molecule has 0 atom stereocenters. The van der Waals surface area contributed by atoms with Crippen molar-refractivity contribution >= 4 is 15.9 Å². The van der Waals surface area contributed by atoms with Crippen molar-refractivity contribution < 1.29 is 5.11 Å². The molecule has 2 rings (SSSR count). The molecule has 1 N–H and O–H groups in total. The number of halogens is 1. The molecule has 100 valence electrons. The van der Waals surface area contributed by atoms with Gasteiger partial charge in [0.2, 0.25) is 0 Å². The summed E-state index contributed by atoms with van der Waals surface area (Å²) in [5.41, 5.74) is 2.50. The van der Waals surface area contributed by atoms with Crippen molar-refractivity contribution in [1.82, 2.24) is 0 Å². The van der Waals surface area contributed by atoms with Gasteiger partial charge in [0.1, 0.15) is 0 Å². The molecule has 1 aromatic rings. The van der Waals surface area contributed by atoms with E-state index in [0.29, 0.717) is 0 Å². The highest BCUT2D eigenvalue weighted by Crippen LogP contribution is 2.38. The molecule has 1 nitrogen and oxygen atoms in total. The lowest BCUT2D eigenvalue weighted by atomic mass is 9.81. The van der Waals surface area contributed by atoms with Crippen LogP contribution < -0.4 is 0 Å². The first-order valence-corrected chi connectivity index (χ1v) is 7.74. The second-order valence-corrected chi connectivity index (χ2v) is 6.97. The van der Waals surface area contributed by atoms with Crippen LogP contribution in [0.5, 0.6) is 0 Å². The van der Waals surface area contributed by atoms with Crippen LogP contribution >= 0.6 is 15.9 Å². The van der Waals surface area contributed by atoms with Gasteiger partial charge in [-0.3, -0.25) is 0 Å². The molecule has 0 amide bonds. The first kappa shape index (κ1) is 14.1. The Balaban J connectivity index is 2.24. The maximum absolute atomic E-state index is 9.44. The second kappa shape index (κ2) is 5.75. The quantitative estimate of drug-likeness (QED) is 0.853. The molecular formula is C16H23BrO. The Kier molecular flexibility index (Phi) is 4.50. The van der Waals surface area contributed by atoms with Crippen LogP contribution in [0.4, 0.5) is 0 Å². The lowest BCUT2D eigenvalue weighted by Gasteiger charge is -2.26. The Labute approximate surface area is 119 Å². The van der Waals surface area contributed by atoms with Crippen LogP contribution in [0, 0.1) is 0 Å². The van der Waals surface area contributed by atoms with Gasteiger partial charge in [0.15, 0.2) is 0 Å². The van der Waals surface area contributed by atoms with Crippen molar-refractivity contribution in [2.75, 3.05) is 6.61 Å². The Morgan fingerprint density at radius 3 is 2.44 bits per heavy atom. The van der Waals surface area contributed by atoms with E-state index >= 15 is 0 Å². The molecule has 1 aliphatic carbocycles. The minimum absolute atomic E-state index is 0.159. The molecule has 0 radical (unpaired) electrons. The summed E-state index contributed by atoms with van der Waals surface area (Å²) in [5.74, 6) is 0.722. The van der Waals surface area contributed by atoms with Crippen LogP contribution in [-0.2, 0) is 5.41 Å². The molecule has 0 aromatic heterocycles. The van der Waals surface area contributed by atoms with Gasteiger partial charge in [-0.05, 0) is 36.0 Å². The molecule has 0 bridgehead atoms. The van der Waals surface area contributed by atoms with Gasteiger partial charge in [0.05, 0.1) is 6.61 Å². The summed E-state index contributed by atoms with van der Waals surface area (Å²) < 4.78 is 1.22. The lowest BCUT2D eigenvalue weighted by molar-refractivity contribution is 0.218. The molecule has 1 fully saturated rings. The van der Waals surface area contributed by atoms with Crippen LogP contribution in [0.2, 0.25) is 0 Å². The molecule has 0 saturated heterocycles. The SMILES string of the molecule is CC(C)(CO)c1ccc(C2CCCCC2)c(Br)c1. The highest BCUT2D eigenvalue weighted by atomic mass is 79.9. The second-order valence-electron chi connectivity index (χ2n) is 6.11. The third-order valence-corrected chi connectivity index (χ3v) is 4.91. The van der Waals surface area contributed by atoms with E-state index in [1.807, 2.05) is 0 Å². The van der Waals surface area contributed by atoms with Crippen molar-refractivity contribution in [1.29, 1.82) is 0 Å². The molecule has 0 spiro atoms. The van der Waals surface area contributed by atoms with Crippen LogP contribution in [0.25, 0.3) is 0 Å². The Hall–Kier alpha value is -0.340. The van der Waals surface area contributed by atoms with E-state index in [1.54, 1.807) is 0 Å². The van der Waals surface area contributed by atoms with Crippen LogP contribution in [0.3, 0.4) is 0 Å². The van der Waals surface area contributed by atoms with E-state index in [1.165, 1.54) is 47.7 Å². The van der Waals surface area contributed by atoms with Crippen LogP contribution in [0.15, 0.2) is 22.7 Å².